The van der Waals surface area contributed by atoms with Crippen LogP contribution in [0.4, 0.5) is 0 Å². The highest BCUT2D eigenvalue weighted by atomic mass is 16.5. The fourth-order valence-electron chi connectivity index (χ4n) is 2.00. The van der Waals surface area contributed by atoms with Gasteiger partial charge in [-0.1, -0.05) is 0 Å². The monoisotopic (exact) mass is 225 g/mol. The van der Waals surface area contributed by atoms with Crippen LogP contribution in [0.15, 0.2) is 22.8 Å². The maximum absolute atomic E-state index is 9.86. The highest BCUT2D eigenvalue weighted by molar-refractivity contribution is 5.02. The third-order valence-electron chi connectivity index (χ3n) is 3.03. The summed E-state index contributed by atoms with van der Waals surface area (Å²) in [6.45, 7) is 4.17. The molecule has 0 spiro atoms. The van der Waals surface area contributed by atoms with Crippen molar-refractivity contribution in [2.75, 3.05) is 19.8 Å². The van der Waals surface area contributed by atoms with Gasteiger partial charge in [0.25, 0.3) is 0 Å². The van der Waals surface area contributed by atoms with E-state index in [0.717, 1.165) is 19.4 Å². The Labute approximate surface area is 95.6 Å². The number of aliphatic hydroxyl groups is 1. The summed E-state index contributed by atoms with van der Waals surface area (Å²) in [5.41, 5.74) is -0.0220. The standard InChI is InChI=1S/C12H19NO3/c1-12(5-3-6-15-9-12)13-8-10(14)11-4-2-7-16-11/h2,4,7,10,13-14H,3,5-6,8-9H2,1H3. The molecule has 0 radical (unpaired) electrons. The molecule has 4 nitrogen and oxygen atoms in total. The molecule has 0 aromatic carbocycles. The van der Waals surface area contributed by atoms with Crippen LogP contribution in [0.3, 0.4) is 0 Å². The van der Waals surface area contributed by atoms with Gasteiger partial charge in [-0.25, -0.2) is 0 Å². The van der Waals surface area contributed by atoms with Crippen molar-refractivity contribution in [3.05, 3.63) is 24.2 Å². The molecule has 2 rings (SSSR count). The van der Waals surface area contributed by atoms with Crippen molar-refractivity contribution < 1.29 is 14.3 Å². The molecule has 1 saturated heterocycles. The molecular formula is C12H19NO3. The molecule has 0 aliphatic carbocycles. The van der Waals surface area contributed by atoms with E-state index >= 15 is 0 Å². The average molecular weight is 225 g/mol. The van der Waals surface area contributed by atoms with Gasteiger partial charge in [0.2, 0.25) is 0 Å². The van der Waals surface area contributed by atoms with Gasteiger partial charge in [0.05, 0.1) is 12.9 Å². The number of nitrogens with one attached hydrogen (secondary N) is 1. The van der Waals surface area contributed by atoms with E-state index < -0.39 is 6.10 Å². The second-order valence-electron chi connectivity index (χ2n) is 4.63. The fourth-order valence-corrected chi connectivity index (χ4v) is 2.00. The van der Waals surface area contributed by atoms with Crippen LogP contribution in [0.5, 0.6) is 0 Å². The average Bonchev–Trinajstić information content (AvgIpc) is 2.80. The molecule has 0 bridgehead atoms. The van der Waals surface area contributed by atoms with Crippen molar-refractivity contribution in [3.63, 3.8) is 0 Å². The maximum atomic E-state index is 9.86. The Hall–Kier alpha value is -0.840. The van der Waals surface area contributed by atoms with Crippen molar-refractivity contribution in [1.29, 1.82) is 0 Å². The lowest BCUT2D eigenvalue weighted by molar-refractivity contribution is 0.0207. The molecular weight excluding hydrogens is 206 g/mol. The van der Waals surface area contributed by atoms with Crippen molar-refractivity contribution >= 4 is 0 Å². The van der Waals surface area contributed by atoms with Crippen LogP contribution in [0.2, 0.25) is 0 Å². The third-order valence-corrected chi connectivity index (χ3v) is 3.03. The summed E-state index contributed by atoms with van der Waals surface area (Å²) in [6.07, 6.45) is 3.14. The Morgan fingerprint density at radius 3 is 3.12 bits per heavy atom. The minimum Gasteiger partial charge on any atom is -0.467 e. The van der Waals surface area contributed by atoms with E-state index in [9.17, 15) is 5.11 Å². The molecule has 4 heteroatoms. The first-order valence-electron chi connectivity index (χ1n) is 5.74. The van der Waals surface area contributed by atoms with E-state index in [-0.39, 0.29) is 5.54 Å². The summed E-state index contributed by atoms with van der Waals surface area (Å²) in [5.74, 6) is 0.604. The number of hydrogen-bond donors (Lipinski definition) is 2. The number of aliphatic hydroxyl groups excluding tert-OH is 1. The normalized spacial score (nSPS) is 27.9. The zero-order valence-electron chi connectivity index (χ0n) is 9.61. The zero-order valence-corrected chi connectivity index (χ0v) is 9.61. The smallest absolute Gasteiger partial charge is 0.133 e. The van der Waals surface area contributed by atoms with E-state index in [0.29, 0.717) is 18.9 Å². The first kappa shape index (κ1) is 11.6. The van der Waals surface area contributed by atoms with Crippen LogP contribution in [-0.4, -0.2) is 30.4 Å². The quantitative estimate of drug-likeness (QED) is 0.814. The second-order valence-corrected chi connectivity index (χ2v) is 4.63. The van der Waals surface area contributed by atoms with Gasteiger partial charge in [-0.15, -0.1) is 0 Å². The van der Waals surface area contributed by atoms with E-state index in [4.69, 9.17) is 9.15 Å². The van der Waals surface area contributed by atoms with Crippen LogP contribution in [-0.2, 0) is 4.74 Å². The highest BCUT2D eigenvalue weighted by Crippen LogP contribution is 2.20. The minimum atomic E-state index is -0.589. The van der Waals surface area contributed by atoms with Crippen molar-refractivity contribution in [3.8, 4) is 0 Å². The van der Waals surface area contributed by atoms with E-state index in [1.807, 2.05) is 0 Å². The van der Waals surface area contributed by atoms with Gasteiger partial charge in [0, 0.05) is 18.7 Å². The van der Waals surface area contributed by atoms with Crippen molar-refractivity contribution in [1.82, 2.24) is 5.32 Å². The van der Waals surface area contributed by atoms with Gasteiger partial charge >= 0.3 is 0 Å². The summed E-state index contributed by atoms with van der Waals surface area (Å²) in [6, 6.07) is 3.57. The molecule has 0 saturated carbocycles. The molecule has 16 heavy (non-hydrogen) atoms. The Morgan fingerprint density at radius 2 is 2.50 bits per heavy atom. The molecule has 2 heterocycles. The van der Waals surface area contributed by atoms with E-state index in [2.05, 4.69) is 12.2 Å². The third kappa shape index (κ3) is 2.84. The van der Waals surface area contributed by atoms with Crippen molar-refractivity contribution in [2.24, 2.45) is 0 Å². The fraction of sp³-hybridized carbons (Fsp3) is 0.667. The van der Waals surface area contributed by atoms with E-state index in [1.54, 1.807) is 18.4 Å². The summed E-state index contributed by atoms with van der Waals surface area (Å²) in [5, 5.41) is 13.2. The summed E-state index contributed by atoms with van der Waals surface area (Å²) in [7, 11) is 0. The van der Waals surface area contributed by atoms with Crippen LogP contribution < -0.4 is 5.32 Å². The molecule has 2 atom stereocenters. The van der Waals surface area contributed by atoms with Crippen LogP contribution in [0.1, 0.15) is 31.6 Å². The molecule has 2 unspecified atom stereocenters. The molecule has 2 N–H and O–H groups in total. The number of ether oxygens (including phenoxy) is 1. The number of rotatable bonds is 4. The Morgan fingerprint density at radius 1 is 1.62 bits per heavy atom. The van der Waals surface area contributed by atoms with Gasteiger partial charge in [0.1, 0.15) is 11.9 Å². The molecule has 1 aromatic rings. The lowest BCUT2D eigenvalue weighted by atomic mass is 9.94. The molecule has 1 aliphatic rings. The Balaban J connectivity index is 1.82. The summed E-state index contributed by atoms with van der Waals surface area (Å²) in [4.78, 5) is 0. The van der Waals surface area contributed by atoms with Gasteiger partial charge in [0.15, 0.2) is 0 Å². The first-order valence-corrected chi connectivity index (χ1v) is 5.74. The lowest BCUT2D eigenvalue weighted by Gasteiger charge is -2.35. The Bertz CT molecular complexity index is 304. The van der Waals surface area contributed by atoms with Gasteiger partial charge in [-0.3, -0.25) is 0 Å². The predicted molar refractivity (Wildman–Crippen MR) is 60.1 cm³/mol. The topological polar surface area (TPSA) is 54.6 Å². The largest absolute Gasteiger partial charge is 0.467 e. The highest BCUT2D eigenvalue weighted by Gasteiger charge is 2.27. The molecule has 1 fully saturated rings. The Kier molecular flexibility index (Phi) is 3.63. The molecule has 0 amide bonds. The summed E-state index contributed by atoms with van der Waals surface area (Å²) < 4.78 is 10.6. The molecule has 90 valence electrons. The zero-order chi connectivity index (χ0) is 11.4. The first-order chi connectivity index (χ1) is 7.70. The number of β-amino-alcohol motifs (C(OH)–C–C–N with tert-alkyl or cyclic N) is 1. The minimum absolute atomic E-state index is 0.0220. The predicted octanol–water partition coefficient (Wildman–Crippen LogP) is 1.47. The van der Waals surface area contributed by atoms with Gasteiger partial charge in [-0.2, -0.15) is 0 Å². The van der Waals surface area contributed by atoms with E-state index in [1.165, 1.54) is 0 Å². The SMILES string of the molecule is CC1(NCC(O)c2ccco2)CCCOC1. The van der Waals surface area contributed by atoms with Crippen LogP contribution >= 0.6 is 0 Å². The van der Waals surface area contributed by atoms with Gasteiger partial charge in [-0.05, 0) is 31.9 Å². The van der Waals surface area contributed by atoms with Crippen molar-refractivity contribution in [2.45, 2.75) is 31.4 Å². The van der Waals surface area contributed by atoms with Crippen LogP contribution in [0.25, 0.3) is 0 Å². The number of furan rings is 1. The molecule has 1 aliphatic heterocycles. The maximum Gasteiger partial charge on any atom is 0.133 e. The number of hydrogen-bond acceptors (Lipinski definition) is 4. The summed E-state index contributed by atoms with van der Waals surface area (Å²) >= 11 is 0. The lowest BCUT2D eigenvalue weighted by Crippen LogP contribution is -2.50. The second kappa shape index (κ2) is 4.99. The van der Waals surface area contributed by atoms with Gasteiger partial charge < -0.3 is 19.6 Å². The molecule has 1 aromatic heterocycles. The van der Waals surface area contributed by atoms with Crippen LogP contribution in [0, 0.1) is 0 Å².